The van der Waals surface area contributed by atoms with Gasteiger partial charge in [0.15, 0.2) is 0 Å². The fourth-order valence-corrected chi connectivity index (χ4v) is 2.68. The van der Waals surface area contributed by atoms with Crippen LogP contribution in [0.1, 0.15) is 11.7 Å². The average Bonchev–Trinajstić information content (AvgIpc) is 2.52. The molecule has 1 aromatic heterocycles. The molecule has 0 radical (unpaired) electrons. The van der Waals surface area contributed by atoms with Crippen LogP contribution in [0.4, 0.5) is 0 Å². The summed E-state index contributed by atoms with van der Waals surface area (Å²) in [5.41, 5.74) is 7.19. The molecule has 5 heteroatoms. The molecule has 0 aliphatic carbocycles. The van der Waals surface area contributed by atoms with Crippen molar-refractivity contribution in [3.05, 3.63) is 34.4 Å². The van der Waals surface area contributed by atoms with Crippen LogP contribution >= 0.6 is 15.9 Å². The number of fused-ring (bicyclic) bond motifs is 1. The predicted octanol–water partition coefficient (Wildman–Crippen LogP) is 2.03. The molecule has 0 spiro atoms. The second-order valence-electron chi connectivity index (χ2n) is 3.59. The lowest BCUT2D eigenvalue weighted by molar-refractivity contribution is -0.138. The molecule has 0 aliphatic rings. The summed E-state index contributed by atoms with van der Waals surface area (Å²) in [6.45, 7) is 0. The van der Waals surface area contributed by atoms with Crippen LogP contribution in [0.5, 0.6) is 0 Å². The van der Waals surface area contributed by atoms with E-state index >= 15 is 0 Å². The van der Waals surface area contributed by atoms with E-state index in [4.69, 9.17) is 10.8 Å². The van der Waals surface area contributed by atoms with Gasteiger partial charge in [-0.15, -0.1) is 0 Å². The first-order valence-corrected chi connectivity index (χ1v) is 5.54. The van der Waals surface area contributed by atoms with Gasteiger partial charge in [0.1, 0.15) is 6.04 Å². The molecule has 84 valence electrons. The number of aromatic nitrogens is 1. The van der Waals surface area contributed by atoms with Crippen LogP contribution in [0, 0.1) is 0 Å². The summed E-state index contributed by atoms with van der Waals surface area (Å²) in [6.07, 6.45) is 0. The molecule has 1 atom stereocenters. The molecule has 4 nitrogen and oxygen atoms in total. The van der Waals surface area contributed by atoms with E-state index in [1.807, 2.05) is 31.3 Å². The van der Waals surface area contributed by atoms with Crippen LogP contribution in [0.3, 0.4) is 0 Å². The number of halogens is 1. The first-order chi connectivity index (χ1) is 7.54. The number of nitrogens with two attached hydrogens (primary N) is 1. The largest absolute Gasteiger partial charge is 0.480 e. The minimum atomic E-state index is -1.04. The molecule has 0 saturated carbocycles. The number of carbonyl (C=O) groups is 1. The fraction of sp³-hybridized carbons (Fsp3) is 0.182. The number of aryl methyl sites for hydroxylation is 1. The number of benzene rings is 1. The Balaban J connectivity index is 2.75. The molecule has 3 N–H and O–H groups in total. The smallest absolute Gasteiger partial charge is 0.326 e. The van der Waals surface area contributed by atoms with Crippen molar-refractivity contribution >= 4 is 32.8 Å². The van der Waals surface area contributed by atoms with Crippen LogP contribution in [0.15, 0.2) is 28.7 Å². The quantitative estimate of drug-likeness (QED) is 0.886. The zero-order valence-electron chi connectivity index (χ0n) is 8.64. The highest BCUT2D eigenvalue weighted by Gasteiger charge is 2.23. The molecule has 2 rings (SSSR count). The molecule has 0 amide bonds. The second-order valence-corrected chi connectivity index (χ2v) is 4.38. The lowest BCUT2D eigenvalue weighted by atomic mass is 10.2. The summed E-state index contributed by atoms with van der Waals surface area (Å²) < 4.78 is 2.55. The Hall–Kier alpha value is -1.33. The lowest BCUT2D eigenvalue weighted by Gasteiger charge is -2.09. The van der Waals surface area contributed by atoms with Crippen molar-refractivity contribution in [2.45, 2.75) is 6.04 Å². The van der Waals surface area contributed by atoms with Gasteiger partial charge in [-0.1, -0.05) is 18.2 Å². The van der Waals surface area contributed by atoms with Gasteiger partial charge in [0.2, 0.25) is 0 Å². The van der Waals surface area contributed by atoms with Gasteiger partial charge in [-0.3, -0.25) is 4.79 Å². The van der Waals surface area contributed by atoms with Gasteiger partial charge in [-0.25, -0.2) is 0 Å². The molecule has 1 heterocycles. The SMILES string of the molecule is Cn1c(C(N)C(=O)O)c(Br)c2ccccc21. The van der Waals surface area contributed by atoms with Crippen molar-refractivity contribution in [3.8, 4) is 0 Å². The van der Waals surface area contributed by atoms with E-state index in [1.54, 1.807) is 4.57 Å². The molecule has 0 fully saturated rings. The molecule has 0 bridgehead atoms. The van der Waals surface area contributed by atoms with E-state index in [1.165, 1.54) is 0 Å². The second kappa shape index (κ2) is 3.92. The monoisotopic (exact) mass is 282 g/mol. The number of hydrogen-bond acceptors (Lipinski definition) is 2. The van der Waals surface area contributed by atoms with E-state index in [0.29, 0.717) is 5.69 Å². The summed E-state index contributed by atoms with van der Waals surface area (Å²) >= 11 is 3.41. The van der Waals surface area contributed by atoms with E-state index < -0.39 is 12.0 Å². The molecular weight excluding hydrogens is 272 g/mol. The minimum Gasteiger partial charge on any atom is -0.480 e. The third-order valence-corrected chi connectivity index (χ3v) is 3.48. The van der Waals surface area contributed by atoms with Crippen molar-refractivity contribution in [3.63, 3.8) is 0 Å². The summed E-state index contributed by atoms with van der Waals surface area (Å²) in [6, 6.07) is 6.65. The van der Waals surface area contributed by atoms with Gasteiger partial charge in [0, 0.05) is 22.4 Å². The highest BCUT2D eigenvalue weighted by Crippen LogP contribution is 2.33. The van der Waals surface area contributed by atoms with Gasteiger partial charge in [0.25, 0.3) is 0 Å². The van der Waals surface area contributed by atoms with Gasteiger partial charge < -0.3 is 15.4 Å². The first-order valence-electron chi connectivity index (χ1n) is 4.75. The Labute approximate surface area is 101 Å². The Morgan fingerprint density at radius 3 is 2.69 bits per heavy atom. The number of aliphatic carboxylic acids is 1. The maximum Gasteiger partial charge on any atom is 0.326 e. The number of nitrogens with zero attached hydrogens (tertiary/aromatic N) is 1. The van der Waals surface area contributed by atoms with E-state index in [2.05, 4.69) is 15.9 Å². The van der Waals surface area contributed by atoms with Crippen molar-refractivity contribution in [1.82, 2.24) is 4.57 Å². The summed E-state index contributed by atoms with van der Waals surface area (Å²) in [5.74, 6) is -1.04. The zero-order chi connectivity index (χ0) is 11.9. The minimum absolute atomic E-state index is 0.578. The fourth-order valence-electron chi connectivity index (χ4n) is 1.83. The van der Waals surface area contributed by atoms with E-state index in [0.717, 1.165) is 15.4 Å². The van der Waals surface area contributed by atoms with Crippen molar-refractivity contribution in [2.75, 3.05) is 0 Å². The molecule has 0 aliphatic heterocycles. The normalized spacial score (nSPS) is 12.9. The summed E-state index contributed by atoms with van der Waals surface area (Å²) in [7, 11) is 1.81. The van der Waals surface area contributed by atoms with Crippen LogP contribution in [-0.2, 0) is 11.8 Å². The average molecular weight is 283 g/mol. The Kier molecular flexibility index (Phi) is 2.73. The summed E-state index contributed by atoms with van der Waals surface area (Å²) in [5, 5.41) is 9.92. The molecule has 2 aromatic rings. The Morgan fingerprint density at radius 1 is 1.50 bits per heavy atom. The topological polar surface area (TPSA) is 68.2 Å². The molecule has 1 unspecified atom stereocenters. The maximum absolute atomic E-state index is 10.9. The number of carboxylic acids is 1. The van der Waals surface area contributed by atoms with E-state index in [-0.39, 0.29) is 0 Å². The van der Waals surface area contributed by atoms with Crippen LogP contribution < -0.4 is 5.73 Å². The maximum atomic E-state index is 10.9. The van der Waals surface area contributed by atoms with Crippen molar-refractivity contribution < 1.29 is 9.90 Å². The van der Waals surface area contributed by atoms with Crippen LogP contribution in [-0.4, -0.2) is 15.6 Å². The Bertz CT molecular complexity index is 523. The number of rotatable bonds is 2. The van der Waals surface area contributed by atoms with Crippen LogP contribution in [0.25, 0.3) is 10.9 Å². The van der Waals surface area contributed by atoms with Crippen molar-refractivity contribution in [2.24, 2.45) is 12.8 Å². The predicted molar refractivity (Wildman–Crippen MR) is 65.2 cm³/mol. The van der Waals surface area contributed by atoms with E-state index in [9.17, 15) is 4.79 Å². The number of para-hydroxylation sites is 1. The third kappa shape index (κ3) is 1.52. The van der Waals surface area contributed by atoms with Gasteiger partial charge in [-0.05, 0) is 22.0 Å². The molecule has 0 saturated heterocycles. The highest BCUT2D eigenvalue weighted by molar-refractivity contribution is 9.10. The number of carboxylic acid groups (broad SMARTS) is 1. The highest BCUT2D eigenvalue weighted by atomic mass is 79.9. The lowest BCUT2D eigenvalue weighted by Crippen LogP contribution is -2.23. The Morgan fingerprint density at radius 2 is 2.12 bits per heavy atom. The van der Waals surface area contributed by atoms with Gasteiger partial charge >= 0.3 is 5.97 Å². The first kappa shape index (κ1) is 11.2. The molecular formula is C11H11BrN2O2. The standard InChI is InChI=1S/C11H11BrN2O2/c1-14-7-5-3-2-4-6(7)8(12)10(14)9(13)11(15)16/h2-5,9H,13H2,1H3,(H,15,16). The van der Waals surface area contributed by atoms with Gasteiger partial charge in [0.05, 0.1) is 5.69 Å². The van der Waals surface area contributed by atoms with Gasteiger partial charge in [-0.2, -0.15) is 0 Å². The number of hydrogen-bond donors (Lipinski definition) is 2. The molecule has 16 heavy (non-hydrogen) atoms. The third-order valence-electron chi connectivity index (χ3n) is 2.65. The zero-order valence-corrected chi connectivity index (χ0v) is 10.2. The molecule has 1 aromatic carbocycles. The van der Waals surface area contributed by atoms with Crippen molar-refractivity contribution in [1.29, 1.82) is 0 Å². The summed E-state index contributed by atoms with van der Waals surface area (Å²) in [4.78, 5) is 10.9. The van der Waals surface area contributed by atoms with Crippen LogP contribution in [0.2, 0.25) is 0 Å².